The highest BCUT2D eigenvalue weighted by atomic mass is 16.1. The molecule has 1 aliphatic rings. The van der Waals surface area contributed by atoms with Crippen molar-refractivity contribution in [3.63, 3.8) is 0 Å². The summed E-state index contributed by atoms with van der Waals surface area (Å²) >= 11 is 0. The van der Waals surface area contributed by atoms with Gasteiger partial charge in [0.2, 0.25) is 11.9 Å². The van der Waals surface area contributed by atoms with E-state index in [1.807, 2.05) is 0 Å². The maximum atomic E-state index is 11.2. The second kappa shape index (κ2) is 4.95. The van der Waals surface area contributed by atoms with Crippen LogP contribution in [0.25, 0.3) is 11.2 Å². The van der Waals surface area contributed by atoms with Gasteiger partial charge in [0.1, 0.15) is 5.52 Å². The van der Waals surface area contributed by atoms with Crippen LogP contribution in [-0.2, 0) is 4.79 Å². The number of nitrogens with one attached hydrogen (secondary N) is 2. The molecule has 8 heteroatoms. The normalized spacial score (nSPS) is 22.8. The molecule has 0 unspecified atom stereocenters. The number of carbonyl (C=O) groups is 1. The number of primary amides is 1. The van der Waals surface area contributed by atoms with E-state index >= 15 is 0 Å². The quantitative estimate of drug-likeness (QED) is 0.639. The average molecular weight is 275 g/mol. The largest absolute Gasteiger partial charge is 0.369 e. The predicted molar refractivity (Wildman–Crippen MR) is 74.7 cm³/mol. The first-order valence-electron chi connectivity index (χ1n) is 6.66. The molecule has 20 heavy (non-hydrogen) atoms. The molecule has 0 aliphatic heterocycles. The number of hydrogen-bond acceptors (Lipinski definition) is 6. The number of rotatable bonds is 3. The van der Waals surface area contributed by atoms with Gasteiger partial charge in [0.25, 0.3) is 0 Å². The molecule has 3 rings (SSSR count). The van der Waals surface area contributed by atoms with Gasteiger partial charge in [-0.1, -0.05) is 0 Å². The number of aromatic nitrogens is 4. The lowest BCUT2D eigenvalue weighted by atomic mass is 9.85. The molecule has 1 saturated carbocycles. The smallest absolute Gasteiger partial charge is 0.224 e. The molecule has 2 aromatic heterocycles. The summed E-state index contributed by atoms with van der Waals surface area (Å²) < 4.78 is 0. The lowest BCUT2D eigenvalue weighted by molar-refractivity contribution is -0.122. The first kappa shape index (κ1) is 12.6. The summed E-state index contributed by atoms with van der Waals surface area (Å²) in [4.78, 5) is 26.5. The topological polar surface area (TPSA) is 136 Å². The summed E-state index contributed by atoms with van der Waals surface area (Å²) in [6.45, 7) is 0. The van der Waals surface area contributed by atoms with Crippen molar-refractivity contribution in [1.82, 2.24) is 19.9 Å². The third-order valence-corrected chi connectivity index (χ3v) is 3.77. The van der Waals surface area contributed by atoms with E-state index in [4.69, 9.17) is 11.5 Å². The van der Waals surface area contributed by atoms with Crippen molar-refractivity contribution in [3.8, 4) is 0 Å². The van der Waals surface area contributed by atoms with Gasteiger partial charge in [-0.2, -0.15) is 9.97 Å². The molecule has 106 valence electrons. The van der Waals surface area contributed by atoms with Crippen molar-refractivity contribution in [2.75, 3.05) is 11.1 Å². The van der Waals surface area contributed by atoms with Gasteiger partial charge in [0, 0.05) is 12.0 Å². The molecule has 2 aromatic rings. The summed E-state index contributed by atoms with van der Waals surface area (Å²) in [7, 11) is 0. The van der Waals surface area contributed by atoms with Gasteiger partial charge < -0.3 is 21.8 Å². The summed E-state index contributed by atoms with van der Waals surface area (Å²) in [5.41, 5.74) is 12.3. The molecular weight excluding hydrogens is 258 g/mol. The zero-order valence-corrected chi connectivity index (χ0v) is 11.0. The Hall–Kier alpha value is -2.38. The number of amides is 1. The van der Waals surface area contributed by atoms with E-state index in [1.165, 1.54) is 0 Å². The molecule has 0 radical (unpaired) electrons. The lowest BCUT2D eigenvalue weighted by Crippen LogP contribution is -2.32. The number of anilines is 2. The summed E-state index contributed by atoms with van der Waals surface area (Å²) in [6.07, 6.45) is 4.94. The monoisotopic (exact) mass is 275 g/mol. The minimum Gasteiger partial charge on any atom is -0.369 e. The molecule has 0 atom stereocenters. The van der Waals surface area contributed by atoms with E-state index in [0.29, 0.717) is 11.5 Å². The minimum atomic E-state index is -0.203. The van der Waals surface area contributed by atoms with Gasteiger partial charge >= 0.3 is 0 Å². The summed E-state index contributed by atoms with van der Waals surface area (Å²) in [6, 6.07) is 0.256. The number of H-pyrrole nitrogens is 1. The van der Waals surface area contributed by atoms with Crippen LogP contribution in [0.15, 0.2) is 6.33 Å². The van der Waals surface area contributed by atoms with Crippen molar-refractivity contribution in [1.29, 1.82) is 0 Å². The van der Waals surface area contributed by atoms with Crippen LogP contribution in [0.5, 0.6) is 0 Å². The van der Waals surface area contributed by atoms with Crippen LogP contribution in [-0.4, -0.2) is 31.9 Å². The lowest BCUT2D eigenvalue weighted by Gasteiger charge is -2.27. The second-order valence-electron chi connectivity index (χ2n) is 5.13. The van der Waals surface area contributed by atoms with E-state index in [9.17, 15) is 4.79 Å². The van der Waals surface area contributed by atoms with Crippen LogP contribution < -0.4 is 16.8 Å². The molecule has 1 aliphatic carbocycles. The Kier molecular flexibility index (Phi) is 3.13. The van der Waals surface area contributed by atoms with Crippen molar-refractivity contribution < 1.29 is 4.79 Å². The Balaban J connectivity index is 1.74. The average Bonchev–Trinajstić information content (AvgIpc) is 2.87. The Morgan fingerprint density at radius 3 is 2.75 bits per heavy atom. The van der Waals surface area contributed by atoms with Crippen molar-refractivity contribution >= 4 is 28.8 Å². The molecule has 8 nitrogen and oxygen atoms in total. The highest BCUT2D eigenvalue weighted by Crippen LogP contribution is 2.27. The maximum Gasteiger partial charge on any atom is 0.224 e. The van der Waals surface area contributed by atoms with Crippen molar-refractivity contribution in [2.24, 2.45) is 11.7 Å². The number of imidazole rings is 1. The molecule has 0 saturated heterocycles. The Morgan fingerprint density at radius 1 is 1.30 bits per heavy atom. The van der Waals surface area contributed by atoms with Gasteiger partial charge in [0.15, 0.2) is 11.5 Å². The third-order valence-electron chi connectivity index (χ3n) is 3.77. The highest BCUT2D eigenvalue weighted by molar-refractivity contribution is 5.83. The standard InChI is InChI=1S/C12H17N7O/c13-9(20)6-1-3-7(4-2-6)17-11-8-10(16-5-15-8)18-12(14)19-11/h5-7H,1-4H2,(H2,13,20)(H4,14,15,16,17,18,19). The molecule has 2 heterocycles. The number of fused-ring (bicyclic) bond motifs is 1. The fourth-order valence-corrected chi connectivity index (χ4v) is 2.67. The van der Waals surface area contributed by atoms with Gasteiger partial charge in [-0.25, -0.2) is 4.98 Å². The van der Waals surface area contributed by atoms with Crippen LogP contribution in [0.3, 0.4) is 0 Å². The van der Waals surface area contributed by atoms with E-state index in [-0.39, 0.29) is 23.8 Å². The van der Waals surface area contributed by atoms with Crippen LogP contribution in [0.4, 0.5) is 11.8 Å². The van der Waals surface area contributed by atoms with Crippen LogP contribution in [0.2, 0.25) is 0 Å². The Morgan fingerprint density at radius 2 is 2.05 bits per heavy atom. The highest BCUT2D eigenvalue weighted by Gasteiger charge is 2.25. The van der Waals surface area contributed by atoms with Gasteiger partial charge in [-0.3, -0.25) is 4.79 Å². The van der Waals surface area contributed by atoms with Crippen molar-refractivity contribution in [2.45, 2.75) is 31.7 Å². The summed E-state index contributed by atoms with van der Waals surface area (Å²) in [5, 5.41) is 3.36. The van der Waals surface area contributed by atoms with Crippen molar-refractivity contribution in [3.05, 3.63) is 6.33 Å². The first-order valence-corrected chi connectivity index (χ1v) is 6.66. The predicted octanol–water partition coefficient (Wildman–Crippen LogP) is 0.391. The van der Waals surface area contributed by atoms with Gasteiger partial charge in [-0.15, -0.1) is 0 Å². The molecule has 0 spiro atoms. The number of hydrogen-bond donors (Lipinski definition) is 4. The number of nitrogens with two attached hydrogens (primary N) is 2. The Labute approximate surface area is 115 Å². The number of carbonyl (C=O) groups excluding carboxylic acids is 1. The summed E-state index contributed by atoms with van der Waals surface area (Å²) in [5.74, 6) is 0.645. The van der Waals surface area contributed by atoms with E-state index in [1.54, 1.807) is 6.33 Å². The van der Waals surface area contributed by atoms with Gasteiger partial charge in [0.05, 0.1) is 6.33 Å². The van der Waals surface area contributed by atoms with Gasteiger partial charge in [-0.05, 0) is 25.7 Å². The van der Waals surface area contributed by atoms with Crippen LogP contribution in [0, 0.1) is 5.92 Å². The fraction of sp³-hybridized carbons (Fsp3) is 0.500. The zero-order chi connectivity index (χ0) is 14.1. The molecule has 1 fully saturated rings. The minimum absolute atomic E-state index is 0.00399. The molecule has 6 N–H and O–H groups in total. The fourth-order valence-electron chi connectivity index (χ4n) is 2.67. The second-order valence-corrected chi connectivity index (χ2v) is 5.13. The third kappa shape index (κ3) is 2.36. The zero-order valence-electron chi connectivity index (χ0n) is 11.0. The Bertz CT molecular complexity index is 630. The number of aromatic amines is 1. The molecular formula is C12H17N7O. The first-order chi connectivity index (χ1) is 9.63. The number of nitrogens with zero attached hydrogens (tertiary/aromatic N) is 3. The van der Waals surface area contributed by atoms with E-state index in [2.05, 4.69) is 25.3 Å². The van der Waals surface area contributed by atoms with Crippen LogP contribution in [0.1, 0.15) is 25.7 Å². The molecule has 0 aromatic carbocycles. The molecule has 1 amide bonds. The van der Waals surface area contributed by atoms with Crippen LogP contribution >= 0.6 is 0 Å². The molecule has 0 bridgehead atoms. The number of nitrogen functional groups attached to an aromatic ring is 1. The SMILES string of the molecule is NC(=O)C1CCC(Nc2nc(N)nc3nc[nH]c23)CC1. The van der Waals surface area contributed by atoms with E-state index in [0.717, 1.165) is 31.2 Å². The van der Waals surface area contributed by atoms with E-state index < -0.39 is 0 Å². The maximum absolute atomic E-state index is 11.2.